The number of benzene rings is 3. The number of ether oxygens (including phenoxy) is 5. The fourth-order valence-electron chi connectivity index (χ4n) is 5.68. The second-order valence-electron chi connectivity index (χ2n) is 11.0. The Morgan fingerprint density at radius 1 is 0.976 bits per heavy atom. The van der Waals surface area contributed by atoms with E-state index in [2.05, 4.69) is 41.4 Å². The summed E-state index contributed by atoms with van der Waals surface area (Å²) in [7, 11) is 1.74. The number of methoxy groups -OCH3 is 1. The van der Waals surface area contributed by atoms with Crippen LogP contribution in [0.2, 0.25) is 0 Å². The minimum atomic E-state index is -0.543. The number of β-amino-alcohol motifs (C(OH)–C–C–N with tert-alkyl or cyclic N) is 1. The summed E-state index contributed by atoms with van der Waals surface area (Å²) in [5, 5.41) is 14.3. The first-order valence-corrected chi connectivity index (χ1v) is 15.0. The normalized spacial score (nSPS) is 20.2. The Hall–Kier alpha value is -3.14. The van der Waals surface area contributed by atoms with Crippen LogP contribution in [0.1, 0.15) is 34.6 Å². The third kappa shape index (κ3) is 8.02. The molecule has 0 saturated carbocycles. The largest absolute Gasteiger partial charge is 0.491 e. The Morgan fingerprint density at radius 3 is 2.67 bits per heavy atom. The van der Waals surface area contributed by atoms with Gasteiger partial charge < -0.3 is 39.0 Å². The lowest BCUT2D eigenvalue weighted by molar-refractivity contribution is -0.0328. The van der Waals surface area contributed by atoms with E-state index in [9.17, 15) is 5.11 Å². The summed E-state index contributed by atoms with van der Waals surface area (Å²) in [5.41, 5.74) is 5.66. The molecule has 8 nitrogen and oxygen atoms in total. The summed E-state index contributed by atoms with van der Waals surface area (Å²) in [4.78, 5) is 2.36. The van der Waals surface area contributed by atoms with Crippen LogP contribution < -0.4 is 19.7 Å². The highest BCUT2D eigenvalue weighted by Crippen LogP contribution is 2.34. The van der Waals surface area contributed by atoms with Crippen molar-refractivity contribution in [1.82, 2.24) is 5.32 Å². The van der Waals surface area contributed by atoms with E-state index in [1.807, 2.05) is 42.5 Å². The predicted molar refractivity (Wildman–Crippen MR) is 164 cm³/mol. The zero-order valence-corrected chi connectivity index (χ0v) is 24.8. The average molecular weight is 577 g/mol. The van der Waals surface area contributed by atoms with E-state index in [4.69, 9.17) is 23.7 Å². The number of hydrogen-bond donors (Lipinski definition) is 2. The molecule has 226 valence electrons. The zero-order valence-electron chi connectivity index (χ0n) is 24.8. The van der Waals surface area contributed by atoms with Crippen molar-refractivity contribution in [2.45, 2.75) is 44.7 Å². The molecule has 5 rings (SSSR count). The van der Waals surface area contributed by atoms with Gasteiger partial charge in [-0.25, -0.2) is 0 Å². The Kier molecular flexibility index (Phi) is 11.1. The fraction of sp³-hybridized carbons (Fsp3) is 0.471. The molecule has 0 bridgehead atoms. The summed E-state index contributed by atoms with van der Waals surface area (Å²) >= 11 is 0. The SMILES string of the molecule is COCCCN1CCOc2ccc(COC3CNCC(O)C3c3ccc(OCCOCc4ccccc4C)cc3)cc21. The topological polar surface area (TPSA) is 81.7 Å². The number of nitrogens with zero attached hydrogens (tertiary/aromatic N) is 1. The Balaban J connectivity index is 1.14. The van der Waals surface area contributed by atoms with Gasteiger partial charge in [-0.15, -0.1) is 0 Å². The van der Waals surface area contributed by atoms with Crippen molar-refractivity contribution in [2.75, 3.05) is 64.6 Å². The summed E-state index contributed by atoms with van der Waals surface area (Å²) in [5.74, 6) is 1.56. The van der Waals surface area contributed by atoms with Crippen LogP contribution in [0.5, 0.6) is 11.5 Å². The molecule has 2 aliphatic heterocycles. The number of aliphatic hydroxyl groups excluding tert-OH is 1. The average Bonchev–Trinajstić information content (AvgIpc) is 3.01. The molecule has 0 radical (unpaired) electrons. The highest BCUT2D eigenvalue weighted by molar-refractivity contribution is 5.61. The Bertz CT molecular complexity index is 1250. The molecular formula is C34H44N2O6. The lowest BCUT2D eigenvalue weighted by Gasteiger charge is -2.36. The van der Waals surface area contributed by atoms with Crippen LogP contribution in [0.15, 0.2) is 66.7 Å². The van der Waals surface area contributed by atoms with Crippen LogP contribution >= 0.6 is 0 Å². The molecule has 3 aromatic carbocycles. The van der Waals surface area contributed by atoms with E-state index < -0.39 is 6.10 Å². The van der Waals surface area contributed by atoms with Crippen LogP contribution in [-0.4, -0.2) is 77.0 Å². The van der Waals surface area contributed by atoms with Crippen molar-refractivity contribution in [3.63, 3.8) is 0 Å². The van der Waals surface area contributed by atoms with Crippen LogP contribution in [0.25, 0.3) is 0 Å². The molecule has 3 atom stereocenters. The van der Waals surface area contributed by atoms with E-state index in [0.717, 1.165) is 54.4 Å². The smallest absolute Gasteiger partial charge is 0.142 e. The molecule has 3 unspecified atom stereocenters. The molecule has 0 aliphatic carbocycles. The molecular weight excluding hydrogens is 532 g/mol. The number of aliphatic hydroxyl groups is 1. The quantitative estimate of drug-likeness (QED) is 0.273. The van der Waals surface area contributed by atoms with Gasteiger partial charge in [-0.3, -0.25) is 0 Å². The highest BCUT2D eigenvalue weighted by atomic mass is 16.5. The van der Waals surface area contributed by atoms with Crippen LogP contribution in [0.4, 0.5) is 5.69 Å². The number of hydrogen-bond acceptors (Lipinski definition) is 8. The van der Waals surface area contributed by atoms with E-state index in [-0.39, 0.29) is 12.0 Å². The molecule has 8 heteroatoms. The summed E-state index contributed by atoms with van der Waals surface area (Å²) in [6.45, 7) is 8.54. The number of rotatable bonds is 14. The van der Waals surface area contributed by atoms with Gasteiger partial charge >= 0.3 is 0 Å². The van der Waals surface area contributed by atoms with Crippen LogP contribution in [0, 0.1) is 6.92 Å². The maximum absolute atomic E-state index is 10.9. The van der Waals surface area contributed by atoms with Gasteiger partial charge in [-0.2, -0.15) is 0 Å². The van der Waals surface area contributed by atoms with Gasteiger partial charge in [-0.1, -0.05) is 42.5 Å². The Morgan fingerprint density at radius 2 is 1.83 bits per heavy atom. The molecule has 1 saturated heterocycles. The highest BCUT2D eigenvalue weighted by Gasteiger charge is 2.34. The molecule has 2 aliphatic rings. The lowest BCUT2D eigenvalue weighted by atomic mass is 9.85. The summed E-state index contributed by atoms with van der Waals surface area (Å²) in [6.07, 6.45) is 0.259. The molecule has 2 heterocycles. The van der Waals surface area contributed by atoms with Crippen molar-refractivity contribution in [2.24, 2.45) is 0 Å². The first-order chi connectivity index (χ1) is 20.6. The minimum Gasteiger partial charge on any atom is -0.491 e. The van der Waals surface area contributed by atoms with E-state index in [0.29, 0.717) is 46.1 Å². The second kappa shape index (κ2) is 15.4. The molecule has 42 heavy (non-hydrogen) atoms. The summed E-state index contributed by atoms with van der Waals surface area (Å²) in [6, 6.07) is 22.5. The standard InChI is InChI=1S/C34H44N2O6/c1-25-6-3-4-7-28(25)24-39-18-19-40-29-11-9-27(10-12-29)34-31(37)21-35-22-33(34)42-23-26-8-13-32-30(20-26)36(15-17-41-32)14-5-16-38-2/h3-4,6-13,20,31,33-35,37H,5,14-19,21-24H2,1-2H3. The Labute approximate surface area is 249 Å². The van der Waals surface area contributed by atoms with Crippen molar-refractivity contribution < 1.29 is 28.8 Å². The van der Waals surface area contributed by atoms with Crippen molar-refractivity contribution in [3.8, 4) is 11.5 Å². The first-order valence-electron chi connectivity index (χ1n) is 15.0. The third-order valence-electron chi connectivity index (χ3n) is 8.02. The predicted octanol–water partition coefficient (Wildman–Crippen LogP) is 4.46. The van der Waals surface area contributed by atoms with Gasteiger partial charge in [0.05, 0.1) is 44.3 Å². The van der Waals surface area contributed by atoms with Crippen molar-refractivity contribution in [1.29, 1.82) is 0 Å². The maximum Gasteiger partial charge on any atom is 0.142 e. The number of aryl methyl sites for hydroxylation is 1. The molecule has 0 aromatic heterocycles. The van der Waals surface area contributed by atoms with Crippen LogP contribution in [-0.2, 0) is 27.4 Å². The summed E-state index contributed by atoms with van der Waals surface area (Å²) < 4.78 is 29.3. The molecule has 0 amide bonds. The lowest BCUT2D eigenvalue weighted by Crippen LogP contribution is -2.49. The molecule has 2 N–H and O–H groups in total. The van der Waals surface area contributed by atoms with Gasteiger partial charge in [0.25, 0.3) is 0 Å². The first kappa shape index (κ1) is 30.3. The maximum atomic E-state index is 10.9. The van der Waals surface area contributed by atoms with Gasteiger partial charge in [-0.05, 0) is 59.9 Å². The second-order valence-corrected chi connectivity index (χ2v) is 11.0. The van der Waals surface area contributed by atoms with Crippen molar-refractivity contribution >= 4 is 5.69 Å². The number of fused-ring (bicyclic) bond motifs is 1. The van der Waals surface area contributed by atoms with Crippen LogP contribution in [0.3, 0.4) is 0 Å². The van der Waals surface area contributed by atoms with Crippen molar-refractivity contribution in [3.05, 3.63) is 89.0 Å². The third-order valence-corrected chi connectivity index (χ3v) is 8.02. The van der Waals surface area contributed by atoms with Gasteiger partial charge in [0, 0.05) is 39.3 Å². The monoisotopic (exact) mass is 576 g/mol. The number of piperidine rings is 1. The number of anilines is 1. The van der Waals surface area contributed by atoms with Gasteiger partial charge in [0.2, 0.25) is 0 Å². The number of nitrogens with one attached hydrogen (secondary N) is 1. The van der Waals surface area contributed by atoms with E-state index >= 15 is 0 Å². The molecule has 1 fully saturated rings. The molecule has 3 aromatic rings. The van der Waals surface area contributed by atoms with Gasteiger partial charge in [0.15, 0.2) is 0 Å². The molecule has 0 spiro atoms. The van der Waals surface area contributed by atoms with E-state index in [1.54, 1.807) is 7.11 Å². The van der Waals surface area contributed by atoms with E-state index in [1.165, 1.54) is 11.1 Å². The fourth-order valence-corrected chi connectivity index (χ4v) is 5.68. The minimum absolute atomic E-state index is 0.135. The van der Waals surface area contributed by atoms with Gasteiger partial charge in [0.1, 0.15) is 24.7 Å². The zero-order chi connectivity index (χ0) is 29.1.